The van der Waals surface area contributed by atoms with Crippen LogP contribution >= 0.6 is 0 Å². The summed E-state index contributed by atoms with van der Waals surface area (Å²) in [5.41, 5.74) is 4.33. The molecule has 0 aliphatic rings. The Hall–Kier alpha value is -3.51. The molecular weight excluding hydrogens is 453 g/mol. The van der Waals surface area contributed by atoms with Gasteiger partial charge >= 0.3 is 0 Å². The van der Waals surface area contributed by atoms with E-state index in [-0.39, 0.29) is 5.82 Å². The van der Waals surface area contributed by atoms with E-state index in [2.05, 4.69) is 43.0 Å². The predicted molar refractivity (Wildman–Crippen MR) is 143 cm³/mol. The molecule has 184 valence electrons. The van der Waals surface area contributed by atoms with Gasteiger partial charge in [-0.3, -0.25) is 0 Å². The highest BCUT2D eigenvalue weighted by Crippen LogP contribution is 2.24. The topological polar surface area (TPSA) is 0 Å². The molecule has 0 N–H and O–H groups in total. The van der Waals surface area contributed by atoms with Gasteiger partial charge in [-0.15, -0.1) is 0 Å². The second-order valence-electron chi connectivity index (χ2n) is 9.33. The Morgan fingerprint density at radius 3 is 2.08 bits per heavy atom. The monoisotopic (exact) mass is 484 g/mol. The first-order valence-electron chi connectivity index (χ1n) is 12.8. The van der Waals surface area contributed by atoms with Gasteiger partial charge in [0.25, 0.3) is 0 Å². The number of rotatable bonds is 9. The van der Waals surface area contributed by atoms with E-state index in [1.807, 2.05) is 18.2 Å². The van der Waals surface area contributed by atoms with Crippen LogP contribution in [0, 0.1) is 29.3 Å². The van der Waals surface area contributed by atoms with E-state index in [0.29, 0.717) is 29.4 Å². The number of benzene rings is 4. The summed E-state index contributed by atoms with van der Waals surface area (Å²) in [7, 11) is 0. The smallest absolute Gasteiger partial charge is 0.159 e. The highest BCUT2D eigenvalue weighted by atomic mass is 19.2. The van der Waals surface area contributed by atoms with Crippen LogP contribution in [0.4, 0.5) is 13.2 Å². The molecule has 4 aromatic rings. The molecule has 0 aliphatic carbocycles. The van der Waals surface area contributed by atoms with Gasteiger partial charge in [0.1, 0.15) is 5.82 Å². The third-order valence-electron chi connectivity index (χ3n) is 6.58. The first kappa shape index (κ1) is 25.6. The third-order valence-corrected chi connectivity index (χ3v) is 6.58. The Bertz CT molecular complexity index is 1370. The second kappa shape index (κ2) is 12.5. The zero-order valence-electron chi connectivity index (χ0n) is 20.7. The molecule has 0 fully saturated rings. The molecule has 0 amide bonds. The number of hydrogen-bond acceptors (Lipinski definition) is 0. The third kappa shape index (κ3) is 6.79. The minimum absolute atomic E-state index is 0.278. The SMILES string of the molecule is CCCCCCCc1ccc(C#Cc2ccc3c(F)c(CCc4ccc(F)c(F)c4)ccc3c2)cc1. The van der Waals surface area contributed by atoms with Gasteiger partial charge in [0.2, 0.25) is 0 Å². The summed E-state index contributed by atoms with van der Waals surface area (Å²) >= 11 is 0. The van der Waals surface area contributed by atoms with Crippen molar-refractivity contribution in [2.24, 2.45) is 0 Å². The molecule has 4 aromatic carbocycles. The fraction of sp³-hybridized carbons (Fsp3) is 0.273. The fourth-order valence-corrected chi connectivity index (χ4v) is 4.41. The van der Waals surface area contributed by atoms with Gasteiger partial charge in [0.15, 0.2) is 11.6 Å². The van der Waals surface area contributed by atoms with Crippen LogP contribution in [0.2, 0.25) is 0 Å². The molecule has 36 heavy (non-hydrogen) atoms. The lowest BCUT2D eigenvalue weighted by atomic mass is 9.99. The number of aryl methyl sites for hydroxylation is 3. The molecule has 0 nitrogen and oxygen atoms in total. The van der Waals surface area contributed by atoms with Crippen LogP contribution in [-0.2, 0) is 19.3 Å². The first-order chi connectivity index (χ1) is 17.5. The fourth-order valence-electron chi connectivity index (χ4n) is 4.41. The lowest BCUT2D eigenvalue weighted by Gasteiger charge is -2.08. The van der Waals surface area contributed by atoms with Crippen LogP contribution in [0.25, 0.3) is 10.8 Å². The van der Waals surface area contributed by atoms with Gasteiger partial charge in [-0.05, 0) is 84.2 Å². The Kier molecular flexibility index (Phi) is 8.85. The molecule has 0 bridgehead atoms. The van der Waals surface area contributed by atoms with Gasteiger partial charge in [0.05, 0.1) is 0 Å². The quantitative estimate of drug-likeness (QED) is 0.164. The summed E-state index contributed by atoms with van der Waals surface area (Å²) in [6, 6.07) is 21.4. The van der Waals surface area contributed by atoms with E-state index in [1.165, 1.54) is 49.8 Å². The van der Waals surface area contributed by atoms with E-state index in [4.69, 9.17) is 0 Å². The van der Waals surface area contributed by atoms with Crippen molar-refractivity contribution in [3.8, 4) is 11.8 Å². The van der Waals surface area contributed by atoms with Gasteiger partial charge in [-0.25, -0.2) is 13.2 Å². The maximum absolute atomic E-state index is 15.1. The maximum atomic E-state index is 15.1. The zero-order valence-corrected chi connectivity index (χ0v) is 20.7. The Labute approximate surface area is 212 Å². The van der Waals surface area contributed by atoms with Gasteiger partial charge < -0.3 is 0 Å². The summed E-state index contributed by atoms with van der Waals surface area (Å²) in [5.74, 6) is 4.37. The highest BCUT2D eigenvalue weighted by Gasteiger charge is 2.09. The molecule has 0 saturated carbocycles. The standard InChI is InChI=1S/C33H31F3/c1-2-3-4-5-6-7-24-8-10-25(11-9-24)12-13-26-15-20-30-29(22-26)19-18-28(33(30)36)17-14-27-16-21-31(34)32(35)23-27/h8-11,15-16,18-23H,2-7,14,17H2,1H3. The average molecular weight is 485 g/mol. The molecule has 0 unspecified atom stereocenters. The minimum atomic E-state index is -0.881. The molecular formula is C33H31F3. The molecule has 0 aliphatic heterocycles. The van der Waals surface area contributed by atoms with Crippen molar-refractivity contribution in [2.45, 2.75) is 58.3 Å². The molecule has 0 aromatic heterocycles. The van der Waals surface area contributed by atoms with Crippen molar-refractivity contribution in [2.75, 3.05) is 0 Å². The second-order valence-corrected chi connectivity index (χ2v) is 9.33. The summed E-state index contributed by atoms with van der Waals surface area (Å²) in [5, 5.41) is 1.32. The number of hydrogen-bond donors (Lipinski definition) is 0. The number of fused-ring (bicyclic) bond motifs is 1. The van der Waals surface area contributed by atoms with E-state index in [1.54, 1.807) is 12.1 Å². The van der Waals surface area contributed by atoms with Crippen molar-refractivity contribution in [1.29, 1.82) is 0 Å². The summed E-state index contributed by atoms with van der Waals surface area (Å²) in [6.45, 7) is 2.23. The Morgan fingerprint density at radius 1 is 0.583 bits per heavy atom. The largest absolute Gasteiger partial charge is 0.206 e. The van der Waals surface area contributed by atoms with E-state index in [0.717, 1.165) is 29.0 Å². The van der Waals surface area contributed by atoms with E-state index in [9.17, 15) is 8.78 Å². The molecule has 0 spiro atoms. The lowest BCUT2D eigenvalue weighted by Crippen LogP contribution is -1.97. The van der Waals surface area contributed by atoms with Crippen LogP contribution in [-0.4, -0.2) is 0 Å². The van der Waals surface area contributed by atoms with Crippen molar-refractivity contribution < 1.29 is 13.2 Å². The van der Waals surface area contributed by atoms with Crippen LogP contribution in [0.15, 0.2) is 72.8 Å². The van der Waals surface area contributed by atoms with Crippen LogP contribution in [0.1, 0.15) is 66.8 Å². The van der Waals surface area contributed by atoms with Gasteiger partial charge in [-0.2, -0.15) is 0 Å². The molecule has 0 saturated heterocycles. The highest BCUT2D eigenvalue weighted by molar-refractivity contribution is 5.85. The average Bonchev–Trinajstić information content (AvgIpc) is 2.89. The first-order valence-corrected chi connectivity index (χ1v) is 12.8. The van der Waals surface area contributed by atoms with Crippen molar-refractivity contribution >= 4 is 10.8 Å². The Morgan fingerprint density at radius 2 is 1.31 bits per heavy atom. The van der Waals surface area contributed by atoms with Crippen LogP contribution in [0.5, 0.6) is 0 Å². The minimum Gasteiger partial charge on any atom is -0.206 e. The van der Waals surface area contributed by atoms with Crippen molar-refractivity contribution in [1.82, 2.24) is 0 Å². The summed E-state index contributed by atoms with van der Waals surface area (Å²) in [4.78, 5) is 0. The Balaban J connectivity index is 1.40. The zero-order chi connectivity index (χ0) is 25.3. The summed E-state index contributed by atoms with van der Waals surface area (Å²) in [6.07, 6.45) is 8.35. The van der Waals surface area contributed by atoms with Crippen LogP contribution < -0.4 is 0 Å². The number of unbranched alkanes of at least 4 members (excludes halogenated alkanes) is 4. The molecule has 4 rings (SSSR count). The maximum Gasteiger partial charge on any atom is 0.159 e. The van der Waals surface area contributed by atoms with E-state index >= 15 is 4.39 Å². The molecule has 0 atom stereocenters. The van der Waals surface area contributed by atoms with Gasteiger partial charge in [0, 0.05) is 16.5 Å². The van der Waals surface area contributed by atoms with Gasteiger partial charge in [-0.1, -0.05) is 80.8 Å². The lowest BCUT2D eigenvalue weighted by molar-refractivity contribution is 0.507. The molecule has 0 heterocycles. The van der Waals surface area contributed by atoms with Crippen molar-refractivity contribution in [3.05, 3.63) is 118 Å². The molecule has 3 heteroatoms. The summed E-state index contributed by atoms with van der Waals surface area (Å²) < 4.78 is 41.7. The van der Waals surface area contributed by atoms with E-state index < -0.39 is 11.6 Å². The normalized spacial score (nSPS) is 10.9. The predicted octanol–water partition coefficient (Wildman–Crippen LogP) is 8.96. The van der Waals surface area contributed by atoms with Crippen LogP contribution in [0.3, 0.4) is 0 Å². The van der Waals surface area contributed by atoms with Crippen molar-refractivity contribution in [3.63, 3.8) is 0 Å². The molecule has 0 radical (unpaired) electrons. The number of halogens is 3.